The van der Waals surface area contributed by atoms with Crippen molar-refractivity contribution < 1.29 is 0 Å². The molecule has 0 fully saturated rings. The topological polar surface area (TPSA) is 0 Å². The van der Waals surface area contributed by atoms with Crippen LogP contribution < -0.4 is 0 Å². The van der Waals surface area contributed by atoms with Gasteiger partial charge < -0.3 is 0 Å². The van der Waals surface area contributed by atoms with Gasteiger partial charge in [0.05, 0.1) is 0 Å². The van der Waals surface area contributed by atoms with Crippen LogP contribution in [0.1, 0.15) is 22.3 Å². The molecule has 0 N–H and O–H groups in total. The van der Waals surface area contributed by atoms with E-state index in [9.17, 15) is 0 Å². The first-order valence-corrected chi connectivity index (χ1v) is 9.79. The average molecular weight is 365 g/mol. The summed E-state index contributed by atoms with van der Waals surface area (Å²) in [4.78, 5) is 0. The van der Waals surface area contributed by atoms with E-state index in [-0.39, 0.29) is 0 Å². The maximum Gasteiger partial charge on any atom is -0.0179 e. The predicted octanol–water partition coefficient (Wildman–Crippen LogP) is 7.94. The molecular weight excluding hydrogens is 336 g/mol. The summed E-state index contributed by atoms with van der Waals surface area (Å²) in [6.45, 7) is 8.54. The first-order chi connectivity index (χ1) is 13.5. The molecule has 0 nitrogen and oxygen atoms in total. The van der Waals surface area contributed by atoms with Gasteiger partial charge in [0.2, 0.25) is 0 Å². The van der Waals surface area contributed by atoms with E-state index in [1.165, 1.54) is 44.5 Å². The van der Waals surface area contributed by atoms with Crippen LogP contribution in [0.3, 0.4) is 0 Å². The van der Waals surface area contributed by atoms with Crippen molar-refractivity contribution in [3.63, 3.8) is 0 Å². The van der Waals surface area contributed by atoms with Crippen molar-refractivity contribution >= 4 is 0 Å². The number of hydrogen-bond donors (Lipinski definition) is 0. The number of hydrogen-bond acceptors (Lipinski definition) is 0. The molecule has 4 rings (SSSR count). The Hall–Kier alpha value is -3.12. The first kappa shape index (κ1) is 19.6. The Labute approximate surface area is 169 Å². The highest BCUT2D eigenvalue weighted by molar-refractivity contribution is 5.66. The van der Waals surface area contributed by atoms with Gasteiger partial charge in [-0.05, 0) is 49.9 Å². The Morgan fingerprint density at radius 1 is 0.321 bits per heavy atom. The second kappa shape index (κ2) is 9.19. The fourth-order valence-electron chi connectivity index (χ4n) is 3.42. The highest BCUT2D eigenvalue weighted by atomic mass is 14.0. The molecule has 0 saturated heterocycles. The summed E-state index contributed by atoms with van der Waals surface area (Å²) in [5.74, 6) is 0. The Morgan fingerprint density at radius 3 is 1.25 bits per heavy atom. The number of benzene rings is 4. The third kappa shape index (κ3) is 5.44. The summed E-state index contributed by atoms with van der Waals surface area (Å²) in [6, 6.07) is 34.3. The summed E-state index contributed by atoms with van der Waals surface area (Å²) >= 11 is 0. The highest BCUT2D eigenvalue weighted by Crippen LogP contribution is 2.23. The van der Waals surface area contributed by atoms with Crippen LogP contribution in [0.15, 0.2) is 97.1 Å². The second-order valence-corrected chi connectivity index (χ2v) is 7.48. The van der Waals surface area contributed by atoms with Crippen molar-refractivity contribution in [2.75, 3.05) is 0 Å². The van der Waals surface area contributed by atoms with Crippen molar-refractivity contribution in [1.82, 2.24) is 0 Å². The maximum absolute atomic E-state index is 2.24. The smallest absolute Gasteiger partial charge is 0.0179 e. The lowest BCUT2D eigenvalue weighted by Crippen LogP contribution is -1.83. The van der Waals surface area contributed by atoms with Crippen molar-refractivity contribution in [2.45, 2.75) is 27.7 Å². The molecule has 140 valence electrons. The predicted molar refractivity (Wildman–Crippen MR) is 123 cm³/mol. The lowest BCUT2D eigenvalue weighted by atomic mass is 10.00. The molecule has 0 heteroatoms. The summed E-state index contributed by atoms with van der Waals surface area (Å²) in [5, 5.41) is 0. The van der Waals surface area contributed by atoms with Crippen LogP contribution in [-0.2, 0) is 0 Å². The quantitative estimate of drug-likeness (QED) is 0.338. The molecule has 0 aromatic heterocycles. The minimum Gasteiger partial charge on any atom is -0.0622 e. The van der Waals surface area contributed by atoms with E-state index in [1.54, 1.807) is 0 Å². The summed E-state index contributed by atoms with van der Waals surface area (Å²) in [7, 11) is 0. The molecule has 0 spiro atoms. The largest absolute Gasteiger partial charge is 0.0622 e. The molecule has 0 aliphatic heterocycles. The molecule has 0 heterocycles. The third-order valence-corrected chi connectivity index (χ3v) is 4.70. The fraction of sp³-hybridized carbons (Fsp3) is 0.143. The molecule has 0 aliphatic carbocycles. The monoisotopic (exact) mass is 364 g/mol. The summed E-state index contributed by atoms with van der Waals surface area (Å²) in [6.07, 6.45) is 0. The number of rotatable bonds is 2. The summed E-state index contributed by atoms with van der Waals surface area (Å²) < 4.78 is 0. The van der Waals surface area contributed by atoms with E-state index in [4.69, 9.17) is 0 Å². The molecule has 4 aromatic carbocycles. The van der Waals surface area contributed by atoms with Crippen molar-refractivity contribution in [2.24, 2.45) is 0 Å². The zero-order valence-electron chi connectivity index (χ0n) is 17.2. The first-order valence-electron chi connectivity index (χ1n) is 9.79. The second-order valence-electron chi connectivity index (χ2n) is 7.48. The maximum atomic E-state index is 2.24. The molecular formula is C28H28. The van der Waals surface area contributed by atoms with Crippen LogP contribution in [0.5, 0.6) is 0 Å². The van der Waals surface area contributed by atoms with Crippen LogP contribution in [0.25, 0.3) is 22.3 Å². The molecule has 28 heavy (non-hydrogen) atoms. The third-order valence-electron chi connectivity index (χ3n) is 4.70. The molecule has 0 amide bonds. The van der Waals surface area contributed by atoms with E-state index in [2.05, 4.69) is 119 Å². The van der Waals surface area contributed by atoms with Crippen LogP contribution >= 0.6 is 0 Å². The Balaban J connectivity index is 0.000000162. The zero-order valence-corrected chi connectivity index (χ0v) is 17.2. The van der Waals surface area contributed by atoms with Gasteiger partial charge in [0, 0.05) is 0 Å². The molecule has 0 aliphatic rings. The van der Waals surface area contributed by atoms with Gasteiger partial charge in [-0.25, -0.2) is 0 Å². The standard InChI is InChI=1S/C15H16.C13H12/c1-11-5-4-6-14(8-11)15-9-12(2)7-13(3)10-15;1-11-6-5-9-13(10-11)12-7-3-2-4-8-12/h4-10H,1-3H3;2-10H,1H3. The van der Waals surface area contributed by atoms with Crippen LogP contribution in [0.2, 0.25) is 0 Å². The molecule has 0 bridgehead atoms. The lowest BCUT2D eigenvalue weighted by molar-refractivity contribution is 1.38. The van der Waals surface area contributed by atoms with Gasteiger partial charge in [-0.3, -0.25) is 0 Å². The average Bonchev–Trinajstić information content (AvgIpc) is 2.68. The van der Waals surface area contributed by atoms with E-state index < -0.39 is 0 Å². The van der Waals surface area contributed by atoms with Gasteiger partial charge >= 0.3 is 0 Å². The molecule has 0 unspecified atom stereocenters. The highest BCUT2D eigenvalue weighted by Gasteiger charge is 1.99. The lowest BCUT2D eigenvalue weighted by Gasteiger charge is -2.06. The zero-order chi connectivity index (χ0) is 19.9. The van der Waals surface area contributed by atoms with Gasteiger partial charge in [-0.15, -0.1) is 0 Å². The van der Waals surface area contributed by atoms with Crippen LogP contribution in [-0.4, -0.2) is 0 Å². The van der Waals surface area contributed by atoms with E-state index >= 15 is 0 Å². The van der Waals surface area contributed by atoms with Gasteiger partial charge in [0.1, 0.15) is 0 Å². The summed E-state index contributed by atoms with van der Waals surface area (Å²) in [5.41, 5.74) is 10.5. The number of aryl methyl sites for hydroxylation is 4. The Kier molecular flexibility index (Phi) is 6.45. The molecule has 0 atom stereocenters. The molecule has 0 saturated carbocycles. The van der Waals surface area contributed by atoms with E-state index in [1.807, 2.05) is 6.07 Å². The van der Waals surface area contributed by atoms with Crippen molar-refractivity contribution in [3.05, 3.63) is 119 Å². The van der Waals surface area contributed by atoms with Crippen LogP contribution in [0.4, 0.5) is 0 Å². The molecule has 0 radical (unpaired) electrons. The van der Waals surface area contributed by atoms with Crippen molar-refractivity contribution in [1.29, 1.82) is 0 Å². The SMILES string of the molecule is Cc1cccc(-c2cc(C)cc(C)c2)c1.Cc1cccc(-c2ccccc2)c1. The molecule has 4 aromatic rings. The fourth-order valence-corrected chi connectivity index (χ4v) is 3.42. The normalized spacial score (nSPS) is 10.1. The van der Waals surface area contributed by atoms with Crippen molar-refractivity contribution in [3.8, 4) is 22.3 Å². The van der Waals surface area contributed by atoms with E-state index in [0.29, 0.717) is 0 Å². The minimum absolute atomic E-state index is 1.28. The Bertz CT molecular complexity index is 1020. The van der Waals surface area contributed by atoms with Crippen LogP contribution in [0, 0.1) is 27.7 Å². The Morgan fingerprint density at radius 2 is 0.750 bits per heavy atom. The minimum atomic E-state index is 1.28. The van der Waals surface area contributed by atoms with Gasteiger partial charge in [0.25, 0.3) is 0 Å². The van der Waals surface area contributed by atoms with Gasteiger partial charge in [0.15, 0.2) is 0 Å². The van der Waals surface area contributed by atoms with E-state index in [0.717, 1.165) is 0 Å². The van der Waals surface area contributed by atoms with Gasteiger partial charge in [-0.2, -0.15) is 0 Å². The van der Waals surface area contributed by atoms with Gasteiger partial charge in [-0.1, -0.05) is 119 Å².